The molecule has 0 radical (unpaired) electrons. The van der Waals surface area contributed by atoms with Crippen LogP contribution in [0.5, 0.6) is 0 Å². The van der Waals surface area contributed by atoms with Gasteiger partial charge in [0.05, 0.1) is 23.0 Å². The Morgan fingerprint density at radius 1 is 1.00 bits per heavy atom. The zero-order chi connectivity index (χ0) is 24.8. The summed E-state index contributed by atoms with van der Waals surface area (Å²) in [5, 5.41) is 0. The van der Waals surface area contributed by atoms with Crippen molar-refractivity contribution >= 4 is 27.9 Å². The molecular weight excluding hydrogens is 448 g/mol. The molecule has 1 heterocycles. The summed E-state index contributed by atoms with van der Waals surface area (Å²) in [6.45, 7) is 9.55. The lowest BCUT2D eigenvalue weighted by Crippen LogP contribution is -2.45. The van der Waals surface area contributed by atoms with Crippen molar-refractivity contribution in [1.82, 2.24) is 9.21 Å². The second-order valence-corrected chi connectivity index (χ2v) is 10.5. The molecule has 1 aliphatic rings. The van der Waals surface area contributed by atoms with E-state index in [1.807, 2.05) is 27.7 Å². The lowest BCUT2D eigenvalue weighted by molar-refractivity contribution is -0.157. The van der Waals surface area contributed by atoms with Crippen LogP contribution in [-0.2, 0) is 29.1 Å². The number of sulfonamides is 1. The maximum atomic E-state index is 12.9. The molecule has 0 bridgehead atoms. The zero-order valence-electron chi connectivity index (χ0n) is 19.9. The highest BCUT2D eigenvalue weighted by atomic mass is 32.2. The van der Waals surface area contributed by atoms with Gasteiger partial charge >= 0.3 is 11.9 Å². The third-order valence-corrected chi connectivity index (χ3v) is 7.44. The van der Waals surface area contributed by atoms with Crippen LogP contribution in [0.25, 0.3) is 0 Å². The number of benzene rings is 1. The Morgan fingerprint density at radius 2 is 1.55 bits per heavy atom. The normalized spacial score (nSPS) is 15.5. The molecule has 0 aromatic heterocycles. The van der Waals surface area contributed by atoms with E-state index in [0.29, 0.717) is 12.8 Å². The van der Waals surface area contributed by atoms with Crippen molar-refractivity contribution in [3.63, 3.8) is 0 Å². The molecular formula is C23H34N2O7S. The Kier molecular flexibility index (Phi) is 9.42. The average Bonchev–Trinajstić information content (AvgIpc) is 2.77. The first kappa shape index (κ1) is 26.8. The van der Waals surface area contributed by atoms with E-state index in [1.54, 1.807) is 11.8 Å². The van der Waals surface area contributed by atoms with Gasteiger partial charge in [-0.3, -0.25) is 9.59 Å². The second-order valence-electron chi connectivity index (χ2n) is 8.52. The molecule has 0 unspecified atom stereocenters. The molecule has 1 aromatic rings. The third kappa shape index (κ3) is 6.77. The van der Waals surface area contributed by atoms with Crippen LogP contribution in [0, 0.1) is 5.92 Å². The number of carbonyl (C=O) groups is 3. The fraction of sp³-hybridized carbons (Fsp3) is 0.609. The van der Waals surface area contributed by atoms with E-state index in [9.17, 15) is 22.8 Å². The highest BCUT2D eigenvalue weighted by Gasteiger charge is 2.33. The van der Waals surface area contributed by atoms with Gasteiger partial charge in [0, 0.05) is 25.2 Å². The number of carbonyl (C=O) groups excluding carboxylic acids is 3. The maximum absolute atomic E-state index is 12.9. The molecule has 184 valence electrons. The Bertz CT molecular complexity index is 926. The van der Waals surface area contributed by atoms with Crippen LogP contribution in [0.2, 0.25) is 0 Å². The van der Waals surface area contributed by atoms with Gasteiger partial charge in [0.15, 0.2) is 6.61 Å². The van der Waals surface area contributed by atoms with Gasteiger partial charge in [0.25, 0.3) is 5.91 Å². The van der Waals surface area contributed by atoms with Crippen molar-refractivity contribution in [2.45, 2.75) is 64.4 Å². The van der Waals surface area contributed by atoms with Crippen LogP contribution < -0.4 is 0 Å². The van der Waals surface area contributed by atoms with E-state index in [4.69, 9.17) is 9.47 Å². The van der Waals surface area contributed by atoms with Gasteiger partial charge < -0.3 is 14.4 Å². The first-order valence-electron chi connectivity index (χ1n) is 11.2. The molecule has 33 heavy (non-hydrogen) atoms. The van der Waals surface area contributed by atoms with Crippen LogP contribution in [0.15, 0.2) is 29.2 Å². The second kappa shape index (κ2) is 11.6. The van der Waals surface area contributed by atoms with Gasteiger partial charge in [0.1, 0.15) is 0 Å². The molecule has 1 saturated heterocycles. The van der Waals surface area contributed by atoms with Crippen molar-refractivity contribution in [2.75, 3.05) is 26.3 Å². The first-order valence-corrected chi connectivity index (χ1v) is 12.7. The summed E-state index contributed by atoms with van der Waals surface area (Å²) in [5.74, 6) is -1.70. The van der Waals surface area contributed by atoms with Crippen LogP contribution in [0.4, 0.5) is 0 Å². The molecule has 1 aliphatic heterocycles. The van der Waals surface area contributed by atoms with Crippen molar-refractivity contribution in [1.29, 1.82) is 0 Å². The zero-order valence-corrected chi connectivity index (χ0v) is 20.8. The van der Waals surface area contributed by atoms with E-state index >= 15 is 0 Å². The van der Waals surface area contributed by atoms with E-state index in [-0.39, 0.29) is 54.8 Å². The van der Waals surface area contributed by atoms with E-state index in [0.717, 1.165) is 0 Å². The van der Waals surface area contributed by atoms with E-state index in [2.05, 4.69) is 0 Å². The topological polar surface area (TPSA) is 110 Å². The predicted molar refractivity (Wildman–Crippen MR) is 122 cm³/mol. The molecule has 1 amide bonds. The summed E-state index contributed by atoms with van der Waals surface area (Å²) in [6, 6.07) is 5.59. The molecule has 9 nitrogen and oxygen atoms in total. The summed E-state index contributed by atoms with van der Waals surface area (Å²) < 4.78 is 37.3. The minimum atomic E-state index is -3.75. The molecule has 0 atom stereocenters. The summed E-state index contributed by atoms with van der Waals surface area (Å²) in [5.41, 5.74) is 0.278. The molecule has 0 spiro atoms. The third-order valence-electron chi connectivity index (χ3n) is 5.53. The SMILES string of the molecule is CCOC(=O)c1ccc(S(=O)(=O)N2CCC(C(=O)OCC(=O)N(C(C)C)C(C)C)CC2)cc1. The van der Waals surface area contributed by atoms with Crippen LogP contribution in [0.1, 0.15) is 57.8 Å². The number of hydrogen-bond acceptors (Lipinski definition) is 7. The number of rotatable bonds is 9. The minimum Gasteiger partial charge on any atom is -0.462 e. The summed E-state index contributed by atoms with van der Waals surface area (Å²) in [6.07, 6.45) is 0.622. The molecule has 10 heteroatoms. The number of ether oxygens (including phenoxy) is 2. The fourth-order valence-corrected chi connectivity index (χ4v) is 5.43. The summed E-state index contributed by atoms with van der Waals surface area (Å²) >= 11 is 0. The van der Waals surface area contributed by atoms with Crippen molar-refractivity contribution in [2.24, 2.45) is 5.92 Å². The van der Waals surface area contributed by atoms with Gasteiger partial charge in [-0.05, 0) is 71.7 Å². The monoisotopic (exact) mass is 482 g/mol. The number of hydrogen-bond donors (Lipinski definition) is 0. The van der Waals surface area contributed by atoms with Gasteiger partial charge in [-0.1, -0.05) is 0 Å². The number of esters is 2. The molecule has 2 rings (SSSR count). The summed E-state index contributed by atoms with van der Waals surface area (Å²) in [4.78, 5) is 38.3. The Balaban J connectivity index is 1.92. The minimum absolute atomic E-state index is 0.00370. The number of nitrogens with zero attached hydrogens (tertiary/aromatic N) is 2. The standard InChI is InChI=1S/C23H34N2O7S/c1-6-31-22(27)18-7-9-20(10-8-18)33(29,30)24-13-11-19(12-14-24)23(28)32-15-21(26)25(16(2)3)17(4)5/h7-10,16-17,19H,6,11-15H2,1-5H3. The largest absolute Gasteiger partial charge is 0.462 e. The van der Waals surface area contributed by atoms with E-state index < -0.39 is 27.9 Å². The van der Waals surface area contributed by atoms with Gasteiger partial charge in [-0.15, -0.1) is 0 Å². The van der Waals surface area contributed by atoms with Gasteiger partial charge in [-0.25, -0.2) is 13.2 Å². The van der Waals surface area contributed by atoms with Crippen molar-refractivity contribution in [3.8, 4) is 0 Å². The molecule has 1 fully saturated rings. The predicted octanol–water partition coefficient (Wildman–Crippen LogP) is 2.45. The highest BCUT2D eigenvalue weighted by molar-refractivity contribution is 7.89. The van der Waals surface area contributed by atoms with Gasteiger partial charge in [-0.2, -0.15) is 4.31 Å². The smallest absolute Gasteiger partial charge is 0.338 e. The summed E-state index contributed by atoms with van der Waals surface area (Å²) in [7, 11) is -3.75. The fourth-order valence-electron chi connectivity index (χ4n) is 3.96. The van der Waals surface area contributed by atoms with Gasteiger partial charge in [0.2, 0.25) is 10.0 Å². The molecule has 0 saturated carbocycles. The average molecular weight is 483 g/mol. The van der Waals surface area contributed by atoms with E-state index in [1.165, 1.54) is 28.6 Å². The van der Waals surface area contributed by atoms with Crippen LogP contribution >= 0.6 is 0 Å². The number of piperidine rings is 1. The van der Waals surface area contributed by atoms with Crippen LogP contribution in [-0.4, -0.2) is 73.9 Å². The van der Waals surface area contributed by atoms with Crippen molar-refractivity contribution < 1.29 is 32.3 Å². The van der Waals surface area contributed by atoms with Crippen molar-refractivity contribution in [3.05, 3.63) is 29.8 Å². The molecule has 0 aliphatic carbocycles. The number of amides is 1. The Labute approximate surface area is 196 Å². The Hall–Kier alpha value is -2.46. The first-order chi connectivity index (χ1) is 15.5. The lowest BCUT2D eigenvalue weighted by atomic mass is 9.98. The lowest BCUT2D eigenvalue weighted by Gasteiger charge is -2.32. The Morgan fingerprint density at radius 3 is 2.03 bits per heavy atom. The highest BCUT2D eigenvalue weighted by Crippen LogP contribution is 2.25. The molecule has 1 aromatic carbocycles. The quantitative estimate of drug-likeness (QED) is 0.497. The maximum Gasteiger partial charge on any atom is 0.338 e. The van der Waals surface area contributed by atoms with Crippen LogP contribution in [0.3, 0.4) is 0 Å². The molecule has 0 N–H and O–H groups in total.